The van der Waals surface area contributed by atoms with Crippen molar-refractivity contribution in [3.05, 3.63) is 35.9 Å². The van der Waals surface area contributed by atoms with Crippen LogP contribution in [0, 0.1) is 0 Å². The van der Waals surface area contributed by atoms with Crippen LogP contribution >= 0.6 is 0 Å². The molecule has 0 atom stereocenters. The molecule has 0 unspecified atom stereocenters. The third-order valence-corrected chi connectivity index (χ3v) is 3.25. The molecule has 0 radical (unpaired) electrons. The molecule has 0 heterocycles. The third kappa shape index (κ3) is 3.48. The van der Waals surface area contributed by atoms with Crippen molar-refractivity contribution in [1.82, 2.24) is 0 Å². The first kappa shape index (κ1) is 16.5. The Bertz CT molecular complexity index is 687. The normalized spacial score (nSPS) is 10.6. The molecule has 0 aliphatic heterocycles. The second kappa shape index (κ2) is 7.40. The fourth-order valence-corrected chi connectivity index (χ4v) is 2.09. The number of phenolic OH excluding ortho intramolecular Hbond substituents is 1. The van der Waals surface area contributed by atoms with Crippen LogP contribution < -0.4 is 18.9 Å². The van der Waals surface area contributed by atoms with Crippen molar-refractivity contribution >= 4 is 11.9 Å². The van der Waals surface area contributed by atoms with E-state index in [9.17, 15) is 5.11 Å². The van der Waals surface area contributed by atoms with Gasteiger partial charge < -0.3 is 24.1 Å². The first-order chi connectivity index (χ1) is 11.1. The number of methoxy groups -OCH3 is 4. The molecule has 0 aliphatic carbocycles. The number of phenols is 1. The topological polar surface area (TPSA) is 69.5 Å². The summed E-state index contributed by atoms with van der Waals surface area (Å²) in [6.07, 6.45) is 1.54. The van der Waals surface area contributed by atoms with Gasteiger partial charge in [0, 0.05) is 23.9 Å². The first-order valence-electron chi connectivity index (χ1n) is 6.84. The molecule has 0 aliphatic rings. The molecule has 0 saturated heterocycles. The van der Waals surface area contributed by atoms with Crippen LogP contribution in [0.2, 0.25) is 0 Å². The van der Waals surface area contributed by atoms with E-state index in [4.69, 9.17) is 18.9 Å². The van der Waals surface area contributed by atoms with Crippen LogP contribution in [0.15, 0.2) is 35.3 Å². The smallest absolute Gasteiger partial charge is 0.203 e. The minimum absolute atomic E-state index is 0.0335. The lowest BCUT2D eigenvalue weighted by Gasteiger charge is -2.12. The van der Waals surface area contributed by atoms with Crippen LogP contribution in [0.25, 0.3) is 0 Å². The average molecular weight is 317 g/mol. The molecule has 122 valence electrons. The highest BCUT2D eigenvalue weighted by molar-refractivity contribution is 5.87. The summed E-state index contributed by atoms with van der Waals surface area (Å²) in [6, 6.07) is 8.62. The Morgan fingerprint density at radius 2 is 1.48 bits per heavy atom. The highest BCUT2D eigenvalue weighted by Gasteiger charge is 2.13. The van der Waals surface area contributed by atoms with Crippen LogP contribution in [0.4, 0.5) is 5.69 Å². The van der Waals surface area contributed by atoms with E-state index < -0.39 is 0 Å². The van der Waals surface area contributed by atoms with Gasteiger partial charge in [-0.05, 0) is 12.1 Å². The van der Waals surface area contributed by atoms with Crippen molar-refractivity contribution in [1.29, 1.82) is 0 Å². The maximum absolute atomic E-state index is 10.1. The molecule has 2 aromatic rings. The molecule has 0 bridgehead atoms. The van der Waals surface area contributed by atoms with E-state index in [1.807, 2.05) is 0 Å². The van der Waals surface area contributed by atoms with E-state index in [0.717, 1.165) is 0 Å². The number of benzene rings is 2. The Kier molecular flexibility index (Phi) is 5.30. The molecule has 6 nitrogen and oxygen atoms in total. The monoisotopic (exact) mass is 317 g/mol. The van der Waals surface area contributed by atoms with Crippen LogP contribution in [0.5, 0.6) is 28.7 Å². The minimum Gasteiger partial charge on any atom is -0.504 e. The minimum atomic E-state index is 0.0335. The Hall–Kier alpha value is -2.89. The van der Waals surface area contributed by atoms with Crippen LogP contribution in [0.1, 0.15) is 5.56 Å². The zero-order chi connectivity index (χ0) is 16.8. The van der Waals surface area contributed by atoms with Gasteiger partial charge in [-0.2, -0.15) is 0 Å². The van der Waals surface area contributed by atoms with Gasteiger partial charge in [-0.15, -0.1) is 0 Å². The Balaban J connectivity index is 2.40. The molecule has 0 aromatic heterocycles. The third-order valence-electron chi connectivity index (χ3n) is 3.25. The highest BCUT2D eigenvalue weighted by atomic mass is 16.5. The van der Waals surface area contributed by atoms with E-state index in [-0.39, 0.29) is 5.75 Å². The van der Waals surface area contributed by atoms with Gasteiger partial charge in [0.05, 0.1) is 34.1 Å². The van der Waals surface area contributed by atoms with E-state index >= 15 is 0 Å². The number of nitrogens with zero attached hydrogens (tertiary/aromatic N) is 1. The summed E-state index contributed by atoms with van der Waals surface area (Å²) >= 11 is 0. The first-order valence-corrected chi connectivity index (χ1v) is 6.84. The summed E-state index contributed by atoms with van der Waals surface area (Å²) in [5, 5.41) is 10.1. The molecule has 2 aromatic carbocycles. The molecule has 0 saturated carbocycles. The van der Waals surface area contributed by atoms with Crippen molar-refractivity contribution in [2.75, 3.05) is 28.4 Å². The number of aromatic hydroxyl groups is 1. The van der Waals surface area contributed by atoms with Gasteiger partial charge in [-0.1, -0.05) is 6.07 Å². The van der Waals surface area contributed by atoms with Crippen molar-refractivity contribution in [3.8, 4) is 28.7 Å². The van der Waals surface area contributed by atoms with Crippen LogP contribution in [0.3, 0.4) is 0 Å². The van der Waals surface area contributed by atoms with Gasteiger partial charge >= 0.3 is 0 Å². The van der Waals surface area contributed by atoms with Crippen LogP contribution in [-0.2, 0) is 0 Å². The molecule has 0 spiro atoms. The van der Waals surface area contributed by atoms with Crippen molar-refractivity contribution in [2.24, 2.45) is 4.99 Å². The number of hydrogen-bond donors (Lipinski definition) is 1. The lowest BCUT2D eigenvalue weighted by Crippen LogP contribution is -1.94. The molecular formula is C17H19NO5. The highest BCUT2D eigenvalue weighted by Crippen LogP contribution is 2.41. The standard InChI is InChI=1S/C17H19NO5/c1-20-13-7-5-6-11(16(13)19)10-18-12-8-14(21-2)17(23-4)15(9-12)22-3/h5-10,19H,1-4H3. The summed E-state index contributed by atoms with van der Waals surface area (Å²) < 4.78 is 20.9. The molecule has 0 amide bonds. The number of para-hydroxylation sites is 1. The van der Waals surface area contributed by atoms with E-state index in [1.165, 1.54) is 14.2 Å². The number of aliphatic imine (C=N–C) groups is 1. The Morgan fingerprint density at radius 1 is 0.870 bits per heavy atom. The molecule has 1 N–H and O–H groups in total. The van der Waals surface area contributed by atoms with Crippen molar-refractivity contribution < 1.29 is 24.1 Å². The molecule has 6 heteroatoms. The molecule has 2 rings (SSSR count). The zero-order valence-corrected chi connectivity index (χ0v) is 13.5. The molecule has 23 heavy (non-hydrogen) atoms. The fraction of sp³-hybridized carbons (Fsp3) is 0.235. The summed E-state index contributed by atoms with van der Waals surface area (Å²) in [5.41, 5.74) is 1.14. The summed E-state index contributed by atoms with van der Waals surface area (Å²) in [5.74, 6) is 1.94. The summed E-state index contributed by atoms with van der Waals surface area (Å²) in [7, 11) is 6.12. The van der Waals surface area contributed by atoms with Gasteiger partial charge in [-0.3, -0.25) is 4.99 Å². The van der Waals surface area contributed by atoms with Crippen molar-refractivity contribution in [3.63, 3.8) is 0 Å². The number of rotatable bonds is 6. The lowest BCUT2D eigenvalue weighted by molar-refractivity contribution is 0.324. The Labute approximate surface area is 134 Å². The van der Waals surface area contributed by atoms with E-state index in [2.05, 4.69) is 4.99 Å². The van der Waals surface area contributed by atoms with Gasteiger partial charge in [-0.25, -0.2) is 0 Å². The Morgan fingerprint density at radius 3 is 2.00 bits per heavy atom. The number of ether oxygens (including phenoxy) is 4. The second-order valence-corrected chi connectivity index (χ2v) is 4.54. The van der Waals surface area contributed by atoms with Gasteiger partial charge in [0.1, 0.15) is 0 Å². The predicted octanol–water partition coefficient (Wildman–Crippen LogP) is 3.18. The zero-order valence-electron chi connectivity index (χ0n) is 13.5. The van der Waals surface area contributed by atoms with Gasteiger partial charge in [0.15, 0.2) is 23.0 Å². The fourth-order valence-electron chi connectivity index (χ4n) is 2.09. The quantitative estimate of drug-likeness (QED) is 0.829. The molecule has 0 fully saturated rings. The summed E-state index contributed by atoms with van der Waals surface area (Å²) in [6.45, 7) is 0. The van der Waals surface area contributed by atoms with Gasteiger partial charge in [0.25, 0.3) is 0 Å². The SMILES string of the molecule is COc1cccc(C=Nc2cc(OC)c(OC)c(OC)c2)c1O. The van der Waals surface area contributed by atoms with Crippen LogP contribution in [-0.4, -0.2) is 39.8 Å². The summed E-state index contributed by atoms with van der Waals surface area (Å²) in [4.78, 5) is 4.35. The van der Waals surface area contributed by atoms with E-state index in [0.29, 0.717) is 34.2 Å². The van der Waals surface area contributed by atoms with Crippen molar-refractivity contribution in [2.45, 2.75) is 0 Å². The predicted molar refractivity (Wildman–Crippen MR) is 88.0 cm³/mol. The number of hydrogen-bond acceptors (Lipinski definition) is 6. The average Bonchev–Trinajstić information content (AvgIpc) is 2.59. The second-order valence-electron chi connectivity index (χ2n) is 4.54. The maximum Gasteiger partial charge on any atom is 0.203 e. The van der Waals surface area contributed by atoms with Gasteiger partial charge in [0.2, 0.25) is 5.75 Å². The maximum atomic E-state index is 10.1. The van der Waals surface area contributed by atoms with E-state index in [1.54, 1.807) is 50.8 Å². The molecular weight excluding hydrogens is 298 g/mol. The lowest BCUT2D eigenvalue weighted by atomic mass is 10.2. The largest absolute Gasteiger partial charge is 0.504 e.